The smallest absolute Gasteiger partial charge is 0.410 e. The number of ether oxygens (including phenoxy) is 2. The van der Waals surface area contributed by atoms with Crippen molar-refractivity contribution in [2.75, 3.05) is 13.1 Å². The summed E-state index contributed by atoms with van der Waals surface area (Å²) in [7, 11) is 0. The Morgan fingerprint density at radius 3 is 2.24 bits per heavy atom. The number of likely N-dealkylation sites (tertiary alicyclic amines) is 1. The van der Waals surface area contributed by atoms with E-state index in [1.165, 1.54) is 0 Å². The lowest BCUT2D eigenvalue weighted by Gasteiger charge is -2.39. The number of Topliss-reactive ketones (excluding diaryl/α,β-unsaturated/α-hetero) is 1. The molecule has 21 heavy (non-hydrogen) atoms. The number of hydrogen-bond donors (Lipinski definition) is 0. The highest BCUT2D eigenvalue weighted by atomic mass is 16.6. The fourth-order valence-corrected chi connectivity index (χ4v) is 2.94. The Hall–Kier alpha value is -1.52. The van der Waals surface area contributed by atoms with Gasteiger partial charge in [-0.15, -0.1) is 0 Å². The summed E-state index contributed by atoms with van der Waals surface area (Å²) in [6.07, 6.45) is 1.86. The predicted molar refractivity (Wildman–Crippen MR) is 78.9 cm³/mol. The maximum atomic E-state index is 12.1. The van der Waals surface area contributed by atoms with Crippen molar-refractivity contribution in [3.05, 3.63) is 11.3 Å². The normalized spacial score (nSPS) is 21.5. The van der Waals surface area contributed by atoms with Gasteiger partial charge in [-0.1, -0.05) is 0 Å². The zero-order chi connectivity index (χ0) is 15.8. The molecule has 0 aromatic carbocycles. The lowest BCUT2D eigenvalue weighted by atomic mass is 9.86. The Kier molecular flexibility index (Phi) is 4.04. The average molecular weight is 295 g/mol. The van der Waals surface area contributed by atoms with Crippen molar-refractivity contribution in [1.29, 1.82) is 0 Å². The van der Waals surface area contributed by atoms with Crippen LogP contribution in [0, 0.1) is 0 Å². The van der Waals surface area contributed by atoms with Crippen molar-refractivity contribution in [1.82, 2.24) is 4.90 Å². The summed E-state index contributed by atoms with van der Waals surface area (Å²) in [6, 6.07) is 0. The van der Waals surface area contributed by atoms with E-state index in [4.69, 9.17) is 9.47 Å². The highest BCUT2D eigenvalue weighted by Crippen LogP contribution is 2.41. The van der Waals surface area contributed by atoms with Crippen molar-refractivity contribution in [3.8, 4) is 0 Å². The number of hydrogen-bond acceptors (Lipinski definition) is 4. The molecule has 1 saturated heterocycles. The number of ketones is 1. The number of amides is 1. The second-order valence-corrected chi connectivity index (χ2v) is 7.02. The molecule has 0 aromatic heterocycles. The SMILES string of the molecule is CC(=O)C1=C(C)OC2(CCN(C(=O)OC(C)(C)C)CC2)C1. The first-order chi connectivity index (χ1) is 9.62. The molecule has 0 saturated carbocycles. The van der Waals surface area contributed by atoms with Crippen LogP contribution < -0.4 is 0 Å². The van der Waals surface area contributed by atoms with Crippen molar-refractivity contribution in [3.63, 3.8) is 0 Å². The number of nitrogens with zero attached hydrogens (tertiary/aromatic N) is 1. The Morgan fingerprint density at radius 1 is 1.24 bits per heavy atom. The van der Waals surface area contributed by atoms with Gasteiger partial charge in [-0.05, 0) is 34.6 Å². The van der Waals surface area contributed by atoms with E-state index in [1.54, 1.807) is 11.8 Å². The molecule has 1 spiro atoms. The van der Waals surface area contributed by atoms with Crippen LogP contribution in [0.2, 0.25) is 0 Å². The van der Waals surface area contributed by atoms with Gasteiger partial charge in [0.25, 0.3) is 0 Å². The van der Waals surface area contributed by atoms with E-state index in [-0.39, 0.29) is 17.5 Å². The molecule has 2 rings (SSSR count). The second-order valence-electron chi connectivity index (χ2n) is 7.02. The van der Waals surface area contributed by atoms with E-state index < -0.39 is 5.60 Å². The fourth-order valence-electron chi connectivity index (χ4n) is 2.94. The average Bonchev–Trinajstić information content (AvgIpc) is 2.65. The molecular weight excluding hydrogens is 270 g/mol. The van der Waals surface area contributed by atoms with Gasteiger partial charge >= 0.3 is 6.09 Å². The molecule has 0 N–H and O–H groups in total. The van der Waals surface area contributed by atoms with Crippen molar-refractivity contribution in [2.45, 2.75) is 65.1 Å². The number of carbonyl (C=O) groups excluding carboxylic acids is 2. The van der Waals surface area contributed by atoms with Crippen LogP contribution in [0.1, 0.15) is 53.9 Å². The van der Waals surface area contributed by atoms with Crippen molar-refractivity contribution in [2.24, 2.45) is 0 Å². The van der Waals surface area contributed by atoms with Gasteiger partial charge in [-0.2, -0.15) is 0 Å². The van der Waals surface area contributed by atoms with Gasteiger partial charge in [0.15, 0.2) is 5.78 Å². The van der Waals surface area contributed by atoms with Gasteiger partial charge < -0.3 is 14.4 Å². The third-order valence-corrected chi connectivity index (χ3v) is 4.04. The Morgan fingerprint density at radius 2 is 1.81 bits per heavy atom. The minimum atomic E-state index is -0.476. The fraction of sp³-hybridized carbons (Fsp3) is 0.750. The Bertz CT molecular complexity index is 479. The minimum Gasteiger partial charge on any atom is -0.491 e. The van der Waals surface area contributed by atoms with Crippen LogP contribution in [0.4, 0.5) is 4.79 Å². The van der Waals surface area contributed by atoms with Crippen molar-refractivity contribution < 1.29 is 19.1 Å². The summed E-state index contributed by atoms with van der Waals surface area (Å²) in [5, 5.41) is 0. The molecule has 2 heterocycles. The molecule has 0 aliphatic carbocycles. The molecule has 2 aliphatic heterocycles. The third-order valence-electron chi connectivity index (χ3n) is 4.04. The molecule has 118 valence electrons. The molecule has 2 aliphatic rings. The van der Waals surface area contributed by atoms with Crippen LogP contribution in [-0.2, 0) is 14.3 Å². The largest absolute Gasteiger partial charge is 0.491 e. The number of allylic oxidation sites excluding steroid dienone is 1. The minimum absolute atomic E-state index is 0.0824. The third kappa shape index (κ3) is 3.57. The monoisotopic (exact) mass is 295 g/mol. The summed E-state index contributed by atoms with van der Waals surface area (Å²) < 4.78 is 11.4. The Labute approximate surface area is 126 Å². The van der Waals surface area contributed by atoms with Gasteiger partial charge in [-0.3, -0.25) is 4.79 Å². The zero-order valence-electron chi connectivity index (χ0n) is 13.6. The molecule has 5 nitrogen and oxygen atoms in total. The first kappa shape index (κ1) is 15.9. The van der Waals surface area contributed by atoms with Gasteiger partial charge in [-0.25, -0.2) is 4.79 Å². The zero-order valence-corrected chi connectivity index (χ0v) is 13.6. The quantitative estimate of drug-likeness (QED) is 0.746. The molecule has 5 heteroatoms. The van der Waals surface area contributed by atoms with Crippen LogP contribution in [0.3, 0.4) is 0 Å². The first-order valence-electron chi connectivity index (χ1n) is 7.50. The van der Waals surface area contributed by atoms with E-state index in [0.717, 1.165) is 24.2 Å². The van der Waals surface area contributed by atoms with Gasteiger partial charge in [0.1, 0.15) is 17.0 Å². The Balaban J connectivity index is 1.93. The van der Waals surface area contributed by atoms with Gasteiger partial charge in [0, 0.05) is 37.9 Å². The molecule has 0 aromatic rings. The van der Waals surface area contributed by atoms with Crippen LogP contribution in [0.25, 0.3) is 0 Å². The summed E-state index contributed by atoms with van der Waals surface area (Å²) >= 11 is 0. The maximum Gasteiger partial charge on any atom is 0.410 e. The van der Waals surface area contributed by atoms with E-state index in [0.29, 0.717) is 19.5 Å². The molecule has 0 unspecified atom stereocenters. The van der Waals surface area contributed by atoms with Crippen LogP contribution in [0.5, 0.6) is 0 Å². The van der Waals surface area contributed by atoms with Gasteiger partial charge in [0.05, 0.1) is 0 Å². The summed E-state index contributed by atoms with van der Waals surface area (Å²) in [6.45, 7) is 10.2. The lowest BCUT2D eigenvalue weighted by molar-refractivity contribution is -0.113. The lowest BCUT2D eigenvalue weighted by Crippen LogP contribution is -2.48. The molecule has 0 radical (unpaired) electrons. The molecule has 1 fully saturated rings. The molecular formula is C16H25NO4. The number of rotatable bonds is 1. The predicted octanol–water partition coefficient (Wildman–Crippen LogP) is 3.04. The topological polar surface area (TPSA) is 55.8 Å². The van der Waals surface area contributed by atoms with Crippen LogP contribution in [-0.4, -0.2) is 41.1 Å². The molecule has 0 bridgehead atoms. The summed E-state index contributed by atoms with van der Waals surface area (Å²) in [4.78, 5) is 25.4. The standard InChI is InChI=1S/C16H25NO4/c1-11(18)13-10-16(20-12(13)2)6-8-17(9-7-16)14(19)21-15(3,4)5/h6-10H2,1-5H3. The first-order valence-corrected chi connectivity index (χ1v) is 7.50. The highest BCUT2D eigenvalue weighted by Gasteiger charge is 2.44. The van der Waals surface area contributed by atoms with Gasteiger partial charge in [0.2, 0.25) is 0 Å². The van der Waals surface area contributed by atoms with E-state index >= 15 is 0 Å². The summed E-state index contributed by atoms with van der Waals surface area (Å²) in [5.41, 5.74) is 0.0142. The molecule has 0 atom stereocenters. The van der Waals surface area contributed by atoms with E-state index in [2.05, 4.69) is 0 Å². The maximum absolute atomic E-state index is 12.1. The van der Waals surface area contributed by atoms with E-state index in [1.807, 2.05) is 27.7 Å². The van der Waals surface area contributed by atoms with E-state index in [9.17, 15) is 9.59 Å². The van der Waals surface area contributed by atoms with Crippen molar-refractivity contribution >= 4 is 11.9 Å². The number of carbonyl (C=O) groups is 2. The number of piperidine rings is 1. The summed E-state index contributed by atoms with van der Waals surface area (Å²) in [5.74, 6) is 0.826. The van der Waals surface area contributed by atoms with Crippen LogP contribution >= 0.6 is 0 Å². The highest BCUT2D eigenvalue weighted by molar-refractivity contribution is 5.94. The molecule has 1 amide bonds. The second kappa shape index (κ2) is 5.35. The van der Waals surface area contributed by atoms with Crippen LogP contribution in [0.15, 0.2) is 11.3 Å².